The van der Waals surface area contributed by atoms with E-state index in [0.29, 0.717) is 13.2 Å². The Morgan fingerprint density at radius 2 is 1.19 bits per heavy atom. The lowest BCUT2D eigenvalue weighted by atomic mass is 10.0. The van der Waals surface area contributed by atoms with Gasteiger partial charge in [-0.15, -0.1) is 0 Å². The zero-order chi connectivity index (χ0) is 24.2. The maximum Gasteiger partial charge on any atom is 0.192 e. The monoisotopic (exact) mass is 466 g/mol. The van der Waals surface area contributed by atoms with Gasteiger partial charge in [0.25, 0.3) is 0 Å². The Morgan fingerprint density at radius 1 is 0.656 bits per heavy atom. The highest BCUT2D eigenvalue weighted by Crippen LogP contribution is 2.39. The van der Waals surface area contributed by atoms with Crippen molar-refractivity contribution in [3.05, 3.63) is 70.8 Å². The summed E-state index contributed by atoms with van der Waals surface area (Å²) in [5.41, 5.74) is 4.41. The second-order valence-corrected chi connectivity index (χ2v) is 21.3. The van der Waals surface area contributed by atoms with Crippen LogP contribution in [-0.2, 0) is 22.1 Å². The van der Waals surface area contributed by atoms with Crippen LogP contribution in [0.15, 0.2) is 48.5 Å². The fourth-order valence-corrected chi connectivity index (χ4v) is 4.55. The molecule has 0 bridgehead atoms. The molecule has 2 aromatic carbocycles. The lowest BCUT2D eigenvalue weighted by molar-refractivity contribution is 0.257. The third-order valence-electron chi connectivity index (χ3n) is 7.17. The third kappa shape index (κ3) is 6.92. The summed E-state index contributed by atoms with van der Waals surface area (Å²) >= 11 is 0. The molecule has 0 atom stereocenters. The van der Waals surface area contributed by atoms with Gasteiger partial charge in [0.05, 0.1) is 13.2 Å². The van der Waals surface area contributed by atoms with E-state index < -0.39 is 16.6 Å². The highest BCUT2D eigenvalue weighted by molar-refractivity contribution is 6.74. The number of rotatable bonds is 6. The predicted octanol–water partition coefficient (Wildman–Crippen LogP) is 8.13. The molecule has 4 heteroatoms. The first-order valence-electron chi connectivity index (χ1n) is 11.6. The molecule has 32 heavy (non-hydrogen) atoms. The molecule has 0 aromatic heterocycles. The minimum absolute atomic E-state index is 0.162. The van der Waals surface area contributed by atoms with Crippen LogP contribution in [0.2, 0.25) is 36.3 Å². The topological polar surface area (TPSA) is 18.5 Å². The van der Waals surface area contributed by atoms with Crippen molar-refractivity contribution in [1.29, 1.82) is 0 Å². The third-order valence-corrected chi connectivity index (χ3v) is 16.1. The molecule has 0 N–H and O–H groups in total. The van der Waals surface area contributed by atoms with Crippen LogP contribution in [0.5, 0.6) is 0 Å². The van der Waals surface area contributed by atoms with E-state index >= 15 is 0 Å². The second-order valence-electron chi connectivity index (χ2n) is 11.7. The SMILES string of the molecule is CC(C)(C)[Si](C)(C)OCc1cccc(C#Cc2ccccc2)c1CO[Si](C)(C)C(C)(C)C. The summed E-state index contributed by atoms with van der Waals surface area (Å²) < 4.78 is 13.2. The average molecular weight is 467 g/mol. The maximum atomic E-state index is 6.64. The highest BCUT2D eigenvalue weighted by Gasteiger charge is 2.38. The molecule has 0 aliphatic rings. The zero-order valence-corrected chi connectivity index (χ0v) is 23.8. The van der Waals surface area contributed by atoms with Crippen LogP contribution in [0, 0.1) is 11.8 Å². The standard InChI is InChI=1S/C28H42O2Si2/c1-27(2,3)31(7,8)29-21-25-18-14-17-24(20-19-23-15-12-11-13-16-23)26(25)22-30-32(9,10)28(4,5)6/h11-18H,21-22H2,1-10H3. The van der Waals surface area contributed by atoms with Crippen molar-refractivity contribution in [2.45, 2.75) is 91.0 Å². The van der Waals surface area contributed by atoms with E-state index in [9.17, 15) is 0 Å². The summed E-state index contributed by atoms with van der Waals surface area (Å²) in [7, 11) is -3.75. The summed E-state index contributed by atoms with van der Waals surface area (Å²) in [4.78, 5) is 0. The average Bonchev–Trinajstić information content (AvgIpc) is 2.68. The van der Waals surface area contributed by atoms with Crippen molar-refractivity contribution in [2.24, 2.45) is 0 Å². The van der Waals surface area contributed by atoms with Gasteiger partial charge in [-0.3, -0.25) is 0 Å². The molecule has 0 radical (unpaired) electrons. The van der Waals surface area contributed by atoms with E-state index in [-0.39, 0.29) is 10.1 Å². The van der Waals surface area contributed by atoms with Gasteiger partial charge in [0.1, 0.15) is 0 Å². The van der Waals surface area contributed by atoms with Gasteiger partial charge in [-0.05, 0) is 65.6 Å². The molecular formula is C28H42O2Si2. The van der Waals surface area contributed by atoms with E-state index in [2.05, 4.69) is 97.8 Å². The minimum Gasteiger partial charge on any atom is -0.413 e. The quantitative estimate of drug-likeness (QED) is 0.316. The van der Waals surface area contributed by atoms with E-state index in [1.807, 2.05) is 30.3 Å². The first kappa shape index (κ1) is 26.6. The molecule has 2 nitrogen and oxygen atoms in total. The van der Waals surface area contributed by atoms with E-state index in [1.54, 1.807) is 0 Å². The predicted molar refractivity (Wildman–Crippen MR) is 143 cm³/mol. The molecule has 0 aliphatic heterocycles. The molecule has 0 unspecified atom stereocenters. The molecule has 2 aromatic rings. The molecule has 0 fully saturated rings. The first-order valence-corrected chi connectivity index (χ1v) is 17.4. The van der Waals surface area contributed by atoms with Crippen LogP contribution < -0.4 is 0 Å². The van der Waals surface area contributed by atoms with Gasteiger partial charge in [0.15, 0.2) is 16.6 Å². The Bertz CT molecular complexity index is 953. The molecule has 2 rings (SSSR count). The van der Waals surface area contributed by atoms with Gasteiger partial charge in [-0.25, -0.2) is 0 Å². The summed E-state index contributed by atoms with van der Waals surface area (Å²) in [5.74, 6) is 6.74. The molecule has 0 spiro atoms. The van der Waals surface area contributed by atoms with Crippen molar-refractivity contribution in [2.75, 3.05) is 0 Å². The van der Waals surface area contributed by atoms with Crippen molar-refractivity contribution in [3.8, 4) is 11.8 Å². The smallest absolute Gasteiger partial charge is 0.192 e. The number of hydrogen-bond acceptors (Lipinski definition) is 2. The van der Waals surface area contributed by atoms with Crippen LogP contribution in [0.4, 0.5) is 0 Å². The Hall–Kier alpha value is -1.65. The molecule has 0 saturated carbocycles. The molecular weight excluding hydrogens is 424 g/mol. The minimum atomic E-state index is -1.89. The van der Waals surface area contributed by atoms with Gasteiger partial charge < -0.3 is 8.85 Å². The summed E-state index contributed by atoms with van der Waals surface area (Å²) in [5, 5.41) is 0.338. The lowest BCUT2D eigenvalue weighted by Crippen LogP contribution is -2.41. The molecule has 0 heterocycles. The molecule has 0 aliphatic carbocycles. The van der Waals surface area contributed by atoms with Gasteiger partial charge in [-0.2, -0.15) is 0 Å². The fraction of sp³-hybridized carbons (Fsp3) is 0.500. The second kappa shape index (κ2) is 10.1. The van der Waals surface area contributed by atoms with Crippen LogP contribution in [0.3, 0.4) is 0 Å². The Morgan fingerprint density at radius 3 is 1.72 bits per heavy atom. The Kier molecular flexibility index (Phi) is 8.39. The van der Waals surface area contributed by atoms with Gasteiger partial charge in [-0.1, -0.05) is 83.7 Å². The molecule has 0 saturated heterocycles. The van der Waals surface area contributed by atoms with Gasteiger partial charge in [0, 0.05) is 11.1 Å². The number of hydrogen-bond donors (Lipinski definition) is 0. The highest BCUT2D eigenvalue weighted by atomic mass is 28.4. The summed E-state index contributed by atoms with van der Waals surface area (Å²) in [6.45, 7) is 24.1. The first-order chi connectivity index (χ1) is 14.6. The van der Waals surface area contributed by atoms with E-state index in [1.165, 1.54) is 11.1 Å². The normalized spacial score (nSPS) is 12.9. The van der Waals surface area contributed by atoms with Crippen LogP contribution >= 0.6 is 0 Å². The molecule has 0 amide bonds. The molecule has 174 valence electrons. The van der Waals surface area contributed by atoms with E-state index in [4.69, 9.17) is 8.85 Å². The number of benzene rings is 2. The largest absolute Gasteiger partial charge is 0.413 e. The summed E-state index contributed by atoms with van der Waals surface area (Å²) in [6, 6.07) is 16.5. The van der Waals surface area contributed by atoms with Crippen LogP contribution in [0.1, 0.15) is 63.8 Å². The fourth-order valence-electron chi connectivity index (χ4n) is 2.66. The lowest BCUT2D eigenvalue weighted by Gasteiger charge is -2.37. The van der Waals surface area contributed by atoms with Crippen LogP contribution in [0.25, 0.3) is 0 Å². The Labute approximate surface area is 199 Å². The maximum absolute atomic E-state index is 6.64. The van der Waals surface area contributed by atoms with Crippen molar-refractivity contribution in [3.63, 3.8) is 0 Å². The van der Waals surface area contributed by atoms with Crippen molar-refractivity contribution in [1.82, 2.24) is 0 Å². The van der Waals surface area contributed by atoms with Crippen molar-refractivity contribution < 1.29 is 8.85 Å². The van der Waals surface area contributed by atoms with Crippen LogP contribution in [-0.4, -0.2) is 16.6 Å². The Balaban J connectivity index is 2.41. The summed E-state index contributed by atoms with van der Waals surface area (Å²) in [6.07, 6.45) is 0. The van der Waals surface area contributed by atoms with Gasteiger partial charge in [0.2, 0.25) is 0 Å². The van der Waals surface area contributed by atoms with E-state index in [0.717, 1.165) is 11.1 Å². The van der Waals surface area contributed by atoms with Crippen molar-refractivity contribution >= 4 is 16.6 Å². The van der Waals surface area contributed by atoms with Gasteiger partial charge >= 0.3 is 0 Å². The zero-order valence-electron chi connectivity index (χ0n) is 21.8.